The summed E-state index contributed by atoms with van der Waals surface area (Å²) in [5.74, 6) is -1.24. The fourth-order valence-corrected chi connectivity index (χ4v) is 2.86. The van der Waals surface area contributed by atoms with Crippen LogP contribution in [0.25, 0.3) is 0 Å². The van der Waals surface area contributed by atoms with Crippen LogP contribution in [0.3, 0.4) is 0 Å². The number of amides is 1. The van der Waals surface area contributed by atoms with Crippen molar-refractivity contribution in [2.24, 2.45) is 0 Å². The number of hydrogen-bond acceptors (Lipinski definition) is 1. The van der Waals surface area contributed by atoms with E-state index in [1.165, 1.54) is 6.07 Å². The zero-order valence-electron chi connectivity index (χ0n) is 10.5. The van der Waals surface area contributed by atoms with Crippen LogP contribution in [-0.2, 0) is 11.2 Å². The highest BCUT2D eigenvalue weighted by Gasteiger charge is 2.34. The SMILES string of the molecule is O=C(Cc1ccc(F)cc1F)NC1(CCl)CCCC1. The molecule has 19 heavy (non-hydrogen) atoms. The van der Waals surface area contributed by atoms with Gasteiger partial charge in [-0.05, 0) is 24.5 Å². The topological polar surface area (TPSA) is 29.1 Å². The maximum atomic E-state index is 13.5. The van der Waals surface area contributed by atoms with Gasteiger partial charge in [0.25, 0.3) is 0 Å². The summed E-state index contributed by atoms with van der Waals surface area (Å²) in [7, 11) is 0. The van der Waals surface area contributed by atoms with Gasteiger partial charge in [0, 0.05) is 11.9 Å². The zero-order chi connectivity index (χ0) is 13.9. The van der Waals surface area contributed by atoms with E-state index in [2.05, 4.69) is 5.32 Å². The molecule has 2 rings (SSSR count). The van der Waals surface area contributed by atoms with Crippen molar-refractivity contribution < 1.29 is 13.6 Å². The van der Waals surface area contributed by atoms with Gasteiger partial charge in [0.2, 0.25) is 5.91 Å². The lowest BCUT2D eigenvalue weighted by atomic mass is 9.99. The molecule has 0 heterocycles. The second-order valence-electron chi connectivity index (χ2n) is 5.08. The molecule has 0 unspecified atom stereocenters. The first kappa shape index (κ1) is 14.3. The lowest BCUT2D eigenvalue weighted by Gasteiger charge is -2.27. The quantitative estimate of drug-likeness (QED) is 0.847. The molecule has 5 heteroatoms. The first-order valence-electron chi connectivity index (χ1n) is 6.36. The van der Waals surface area contributed by atoms with E-state index in [0.717, 1.165) is 37.8 Å². The summed E-state index contributed by atoms with van der Waals surface area (Å²) in [6.45, 7) is 0. The maximum Gasteiger partial charge on any atom is 0.224 e. The molecule has 1 N–H and O–H groups in total. The molecule has 0 spiro atoms. The van der Waals surface area contributed by atoms with Crippen LogP contribution < -0.4 is 5.32 Å². The number of rotatable bonds is 4. The third-order valence-electron chi connectivity index (χ3n) is 3.59. The number of halogens is 3. The van der Waals surface area contributed by atoms with Crippen molar-refractivity contribution in [1.29, 1.82) is 0 Å². The van der Waals surface area contributed by atoms with E-state index in [4.69, 9.17) is 11.6 Å². The molecular formula is C14H16ClF2NO. The number of carbonyl (C=O) groups excluding carboxylic acids is 1. The standard InChI is InChI=1S/C14H16ClF2NO/c15-9-14(5-1-2-6-14)18-13(19)7-10-3-4-11(16)8-12(10)17/h3-4,8H,1-2,5-7,9H2,(H,18,19). The molecule has 0 aliphatic heterocycles. The smallest absolute Gasteiger partial charge is 0.224 e. The van der Waals surface area contributed by atoms with Crippen LogP contribution in [0.4, 0.5) is 8.78 Å². The van der Waals surface area contributed by atoms with Crippen LogP contribution >= 0.6 is 11.6 Å². The van der Waals surface area contributed by atoms with Crippen molar-refractivity contribution in [2.45, 2.75) is 37.6 Å². The Morgan fingerprint density at radius 2 is 2.00 bits per heavy atom. The molecular weight excluding hydrogens is 272 g/mol. The van der Waals surface area contributed by atoms with Crippen molar-refractivity contribution in [3.05, 3.63) is 35.4 Å². The van der Waals surface area contributed by atoms with Gasteiger partial charge in [0.15, 0.2) is 0 Å². The summed E-state index contributed by atoms with van der Waals surface area (Å²) in [5.41, 5.74) is -0.156. The van der Waals surface area contributed by atoms with Gasteiger partial charge in [-0.2, -0.15) is 0 Å². The molecule has 1 aromatic carbocycles. The molecule has 0 aromatic heterocycles. The Bertz CT molecular complexity index is 473. The fourth-order valence-electron chi connectivity index (χ4n) is 2.52. The van der Waals surface area contributed by atoms with Crippen molar-refractivity contribution in [3.8, 4) is 0 Å². The van der Waals surface area contributed by atoms with Crippen LogP contribution in [0.1, 0.15) is 31.2 Å². The summed E-state index contributed by atoms with van der Waals surface area (Å²) in [4.78, 5) is 11.9. The molecule has 0 saturated heterocycles. The van der Waals surface area contributed by atoms with Crippen LogP contribution in [0, 0.1) is 11.6 Å². The lowest BCUT2D eigenvalue weighted by molar-refractivity contribution is -0.122. The summed E-state index contributed by atoms with van der Waals surface area (Å²) >= 11 is 5.93. The second-order valence-corrected chi connectivity index (χ2v) is 5.35. The van der Waals surface area contributed by atoms with Gasteiger partial charge in [0.05, 0.1) is 12.0 Å². The van der Waals surface area contributed by atoms with Gasteiger partial charge in [-0.3, -0.25) is 4.79 Å². The second kappa shape index (κ2) is 5.87. The predicted octanol–water partition coefficient (Wildman–Crippen LogP) is 3.18. The van der Waals surface area contributed by atoms with Gasteiger partial charge < -0.3 is 5.32 Å². The molecule has 0 bridgehead atoms. The molecule has 0 radical (unpaired) electrons. The van der Waals surface area contributed by atoms with E-state index in [0.29, 0.717) is 5.88 Å². The number of alkyl halides is 1. The van der Waals surface area contributed by atoms with E-state index in [1.54, 1.807) is 0 Å². The Kier molecular flexibility index (Phi) is 4.40. The summed E-state index contributed by atoms with van der Waals surface area (Å²) in [6.07, 6.45) is 3.70. The summed E-state index contributed by atoms with van der Waals surface area (Å²) < 4.78 is 26.2. The summed E-state index contributed by atoms with van der Waals surface area (Å²) in [5, 5.41) is 2.90. The number of carbonyl (C=O) groups is 1. The van der Waals surface area contributed by atoms with Crippen LogP contribution in [0.2, 0.25) is 0 Å². The minimum absolute atomic E-state index is 0.0925. The average Bonchev–Trinajstić information content (AvgIpc) is 2.82. The third-order valence-corrected chi connectivity index (χ3v) is 4.10. The van der Waals surface area contributed by atoms with Crippen molar-refractivity contribution in [3.63, 3.8) is 0 Å². The maximum absolute atomic E-state index is 13.5. The van der Waals surface area contributed by atoms with Crippen molar-refractivity contribution in [1.82, 2.24) is 5.32 Å². The minimum Gasteiger partial charge on any atom is -0.349 e. The van der Waals surface area contributed by atoms with Crippen molar-refractivity contribution in [2.75, 3.05) is 5.88 Å². The largest absolute Gasteiger partial charge is 0.349 e. The van der Waals surface area contributed by atoms with Gasteiger partial charge in [-0.1, -0.05) is 18.9 Å². The van der Waals surface area contributed by atoms with E-state index >= 15 is 0 Å². The normalized spacial score (nSPS) is 17.4. The highest BCUT2D eigenvalue weighted by atomic mass is 35.5. The van der Waals surface area contributed by atoms with E-state index in [-0.39, 0.29) is 23.4 Å². The molecule has 1 aliphatic carbocycles. The highest BCUT2D eigenvalue weighted by Crippen LogP contribution is 2.30. The molecule has 1 amide bonds. The zero-order valence-corrected chi connectivity index (χ0v) is 11.3. The number of hydrogen-bond donors (Lipinski definition) is 1. The molecule has 2 nitrogen and oxygen atoms in total. The summed E-state index contributed by atoms with van der Waals surface area (Å²) in [6, 6.07) is 3.24. The van der Waals surface area contributed by atoms with E-state index in [9.17, 15) is 13.6 Å². The van der Waals surface area contributed by atoms with Gasteiger partial charge in [0.1, 0.15) is 11.6 Å². The number of benzene rings is 1. The van der Waals surface area contributed by atoms with E-state index in [1.807, 2.05) is 0 Å². The lowest BCUT2D eigenvalue weighted by Crippen LogP contribution is -2.48. The van der Waals surface area contributed by atoms with Crippen molar-refractivity contribution >= 4 is 17.5 Å². The fraction of sp³-hybridized carbons (Fsp3) is 0.500. The van der Waals surface area contributed by atoms with Crippen LogP contribution in [0.5, 0.6) is 0 Å². The van der Waals surface area contributed by atoms with Gasteiger partial charge in [-0.15, -0.1) is 11.6 Å². The molecule has 1 aromatic rings. The molecule has 1 saturated carbocycles. The Hall–Kier alpha value is -1.16. The highest BCUT2D eigenvalue weighted by molar-refractivity contribution is 6.18. The molecule has 104 valence electrons. The average molecular weight is 288 g/mol. The predicted molar refractivity (Wildman–Crippen MR) is 70.1 cm³/mol. The van der Waals surface area contributed by atoms with Gasteiger partial charge in [-0.25, -0.2) is 8.78 Å². The Morgan fingerprint density at radius 3 is 2.58 bits per heavy atom. The molecule has 1 fully saturated rings. The Balaban J connectivity index is 2.01. The molecule has 0 atom stereocenters. The monoisotopic (exact) mass is 287 g/mol. The van der Waals surface area contributed by atoms with Gasteiger partial charge >= 0.3 is 0 Å². The first-order chi connectivity index (χ1) is 9.04. The number of nitrogens with one attached hydrogen (secondary N) is 1. The van der Waals surface area contributed by atoms with Crippen LogP contribution in [0.15, 0.2) is 18.2 Å². The van der Waals surface area contributed by atoms with Crippen LogP contribution in [-0.4, -0.2) is 17.3 Å². The third kappa shape index (κ3) is 3.44. The first-order valence-corrected chi connectivity index (χ1v) is 6.89. The Morgan fingerprint density at radius 1 is 1.32 bits per heavy atom. The van der Waals surface area contributed by atoms with E-state index < -0.39 is 11.6 Å². The Labute approximate surface area is 116 Å². The molecule has 1 aliphatic rings. The minimum atomic E-state index is -0.693.